The lowest BCUT2D eigenvalue weighted by molar-refractivity contribution is 0.0133. The Kier molecular flexibility index (Phi) is 7.56. The SMILES string of the molecule is CCOC(=O)c1csc(C(O)C(O)CCNC(=O)OCC2c3ccccc3-c3ccccc32)n1. The molecule has 9 heteroatoms. The monoisotopic (exact) mass is 482 g/mol. The maximum absolute atomic E-state index is 12.2. The zero-order valence-corrected chi connectivity index (χ0v) is 19.5. The van der Waals surface area contributed by atoms with Gasteiger partial charge < -0.3 is 25.0 Å². The Morgan fingerprint density at radius 1 is 1.06 bits per heavy atom. The van der Waals surface area contributed by atoms with E-state index < -0.39 is 24.3 Å². The number of hydrogen-bond donors (Lipinski definition) is 3. The van der Waals surface area contributed by atoms with E-state index in [1.807, 2.05) is 36.4 Å². The first-order valence-corrected chi connectivity index (χ1v) is 11.9. The third kappa shape index (κ3) is 5.11. The van der Waals surface area contributed by atoms with Crippen molar-refractivity contribution in [1.82, 2.24) is 10.3 Å². The second-order valence-corrected chi connectivity index (χ2v) is 8.73. The van der Waals surface area contributed by atoms with Crippen molar-refractivity contribution in [2.45, 2.75) is 31.5 Å². The number of amides is 1. The third-order valence-electron chi connectivity index (χ3n) is 5.68. The molecule has 0 saturated carbocycles. The fourth-order valence-electron chi connectivity index (χ4n) is 4.02. The molecule has 2 aromatic carbocycles. The number of alkyl carbamates (subject to hydrolysis) is 1. The lowest BCUT2D eigenvalue weighted by Crippen LogP contribution is -2.30. The van der Waals surface area contributed by atoms with E-state index in [-0.39, 0.29) is 42.8 Å². The molecule has 3 aromatic rings. The van der Waals surface area contributed by atoms with E-state index >= 15 is 0 Å². The van der Waals surface area contributed by atoms with Crippen molar-refractivity contribution >= 4 is 23.4 Å². The van der Waals surface area contributed by atoms with Crippen molar-refractivity contribution in [2.24, 2.45) is 0 Å². The van der Waals surface area contributed by atoms with E-state index in [4.69, 9.17) is 9.47 Å². The highest BCUT2D eigenvalue weighted by Gasteiger charge is 2.29. The molecule has 178 valence electrons. The van der Waals surface area contributed by atoms with Gasteiger partial charge in [0.25, 0.3) is 0 Å². The van der Waals surface area contributed by atoms with Crippen LogP contribution in [0, 0.1) is 0 Å². The summed E-state index contributed by atoms with van der Waals surface area (Å²) in [7, 11) is 0. The number of esters is 1. The van der Waals surface area contributed by atoms with Gasteiger partial charge in [-0.3, -0.25) is 0 Å². The first kappa shape index (κ1) is 23.9. The number of hydrogen-bond acceptors (Lipinski definition) is 8. The first-order chi connectivity index (χ1) is 16.5. The van der Waals surface area contributed by atoms with E-state index in [0.29, 0.717) is 0 Å². The van der Waals surface area contributed by atoms with Crippen LogP contribution in [-0.2, 0) is 9.47 Å². The minimum Gasteiger partial charge on any atom is -0.461 e. The highest BCUT2D eigenvalue weighted by atomic mass is 32.1. The average molecular weight is 483 g/mol. The molecule has 34 heavy (non-hydrogen) atoms. The number of ether oxygens (including phenoxy) is 2. The molecule has 1 aliphatic carbocycles. The van der Waals surface area contributed by atoms with Crippen molar-refractivity contribution in [3.8, 4) is 11.1 Å². The predicted octanol–water partition coefficient (Wildman–Crippen LogP) is 3.64. The van der Waals surface area contributed by atoms with Crippen molar-refractivity contribution in [1.29, 1.82) is 0 Å². The minimum absolute atomic E-state index is 0.0379. The largest absolute Gasteiger partial charge is 0.461 e. The number of aliphatic hydroxyl groups excluding tert-OH is 2. The fourth-order valence-corrected chi connectivity index (χ4v) is 4.85. The van der Waals surface area contributed by atoms with Crippen LogP contribution in [0.4, 0.5) is 4.79 Å². The summed E-state index contributed by atoms with van der Waals surface area (Å²) in [6, 6.07) is 16.2. The zero-order chi connectivity index (χ0) is 24.1. The summed E-state index contributed by atoms with van der Waals surface area (Å²) in [5.41, 5.74) is 4.64. The van der Waals surface area contributed by atoms with Gasteiger partial charge in [-0.1, -0.05) is 48.5 Å². The number of rotatable bonds is 9. The summed E-state index contributed by atoms with van der Waals surface area (Å²) in [4.78, 5) is 28.0. The number of aliphatic hydroxyl groups is 2. The van der Waals surface area contributed by atoms with Gasteiger partial charge in [0.2, 0.25) is 0 Å². The second-order valence-electron chi connectivity index (χ2n) is 7.84. The van der Waals surface area contributed by atoms with Gasteiger partial charge in [-0.15, -0.1) is 11.3 Å². The van der Waals surface area contributed by atoms with Crippen LogP contribution in [0.15, 0.2) is 53.9 Å². The highest BCUT2D eigenvalue weighted by Crippen LogP contribution is 2.44. The van der Waals surface area contributed by atoms with Gasteiger partial charge in [0.1, 0.15) is 17.7 Å². The molecule has 2 unspecified atom stereocenters. The van der Waals surface area contributed by atoms with E-state index in [9.17, 15) is 19.8 Å². The van der Waals surface area contributed by atoms with Crippen molar-refractivity contribution in [3.63, 3.8) is 0 Å². The van der Waals surface area contributed by atoms with Gasteiger partial charge in [0.15, 0.2) is 5.69 Å². The topological polar surface area (TPSA) is 118 Å². The Hall–Kier alpha value is -3.27. The zero-order valence-electron chi connectivity index (χ0n) is 18.6. The Balaban J connectivity index is 1.25. The van der Waals surface area contributed by atoms with Crippen LogP contribution in [-0.4, -0.2) is 53.1 Å². The van der Waals surface area contributed by atoms with Gasteiger partial charge in [0, 0.05) is 17.8 Å². The van der Waals surface area contributed by atoms with E-state index in [0.717, 1.165) is 33.6 Å². The number of nitrogens with one attached hydrogen (secondary N) is 1. The molecule has 4 rings (SSSR count). The Labute approximate surface area is 201 Å². The molecule has 1 amide bonds. The maximum Gasteiger partial charge on any atom is 0.407 e. The Bertz CT molecular complexity index is 1120. The number of carbonyl (C=O) groups excluding carboxylic acids is 2. The summed E-state index contributed by atoms with van der Waals surface area (Å²) < 4.78 is 10.3. The van der Waals surface area contributed by atoms with Gasteiger partial charge in [0.05, 0.1) is 12.7 Å². The predicted molar refractivity (Wildman–Crippen MR) is 127 cm³/mol. The molecule has 1 aromatic heterocycles. The molecular formula is C25H26N2O6S. The summed E-state index contributed by atoms with van der Waals surface area (Å²) in [5, 5.41) is 24.9. The number of nitrogens with zero attached hydrogens (tertiary/aromatic N) is 1. The number of fused-ring (bicyclic) bond motifs is 3. The van der Waals surface area contributed by atoms with E-state index in [2.05, 4.69) is 22.4 Å². The van der Waals surface area contributed by atoms with Crippen LogP contribution in [0.5, 0.6) is 0 Å². The first-order valence-electron chi connectivity index (χ1n) is 11.1. The molecule has 1 aliphatic rings. The molecule has 3 N–H and O–H groups in total. The van der Waals surface area contributed by atoms with Crippen LogP contribution < -0.4 is 5.32 Å². The molecule has 8 nitrogen and oxygen atoms in total. The molecule has 0 radical (unpaired) electrons. The molecular weight excluding hydrogens is 456 g/mol. The fraction of sp³-hybridized carbons (Fsp3) is 0.320. The summed E-state index contributed by atoms with van der Waals surface area (Å²) in [5.74, 6) is -0.618. The standard InChI is InChI=1S/C25H26N2O6S/c1-2-32-24(30)20-14-34-23(27-20)22(29)21(28)11-12-26-25(31)33-13-19-17-9-5-3-7-15(17)16-8-4-6-10-18(16)19/h3-10,14,19,21-22,28-29H,2,11-13H2,1H3,(H,26,31). The maximum atomic E-state index is 12.2. The van der Waals surface area contributed by atoms with Crippen LogP contribution >= 0.6 is 11.3 Å². The molecule has 2 atom stereocenters. The van der Waals surface area contributed by atoms with Crippen molar-refractivity contribution in [3.05, 3.63) is 75.7 Å². The normalized spacial score (nSPS) is 14.1. The van der Waals surface area contributed by atoms with Gasteiger partial charge in [-0.25, -0.2) is 14.6 Å². The number of aromatic nitrogens is 1. The molecule has 0 aliphatic heterocycles. The number of benzene rings is 2. The summed E-state index contributed by atoms with van der Waals surface area (Å²) in [6.07, 6.45) is -2.96. The van der Waals surface area contributed by atoms with E-state index in [1.54, 1.807) is 6.92 Å². The third-order valence-corrected chi connectivity index (χ3v) is 6.59. The molecule has 0 spiro atoms. The molecule has 0 bridgehead atoms. The van der Waals surface area contributed by atoms with E-state index in [1.165, 1.54) is 5.38 Å². The lowest BCUT2D eigenvalue weighted by atomic mass is 9.98. The minimum atomic E-state index is -1.28. The highest BCUT2D eigenvalue weighted by molar-refractivity contribution is 7.09. The van der Waals surface area contributed by atoms with Crippen molar-refractivity contribution in [2.75, 3.05) is 19.8 Å². The number of thiazole rings is 1. The Morgan fingerprint density at radius 2 is 1.71 bits per heavy atom. The van der Waals surface area contributed by atoms with Gasteiger partial charge >= 0.3 is 12.1 Å². The Morgan fingerprint density at radius 3 is 2.35 bits per heavy atom. The average Bonchev–Trinajstić information content (AvgIpc) is 3.46. The van der Waals surface area contributed by atoms with Crippen LogP contribution in [0.25, 0.3) is 11.1 Å². The van der Waals surface area contributed by atoms with Crippen LogP contribution in [0.1, 0.15) is 52.0 Å². The van der Waals surface area contributed by atoms with Crippen molar-refractivity contribution < 1.29 is 29.3 Å². The number of carbonyl (C=O) groups is 2. The van der Waals surface area contributed by atoms with Crippen LogP contribution in [0.2, 0.25) is 0 Å². The smallest absolute Gasteiger partial charge is 0.407 e. The summed E-state index contributed by atoms with van der Waals surface area (Å²) in [6.45, 7) is 2.21. The van der Waals surface area contributed by atoms with Gasteiger partial charge in [-0.2, -0.15) is 0 Å². The summed E-state index contributed by atoms with van der Waals surface area (Å²) >= 11 is 1.06. The molecule has 0 saturated heterocycles. The lowest BCUT2D eigenvalue weighted by Gasteiger charge is -2.17. The van der Waals surface area contributed by atoms with Gasteiger partial charge in [-0.05, 0) is 35.6 Å². The molecule has 1 heterocycles. The van der Waals surface area contributed by atoms with Crippen LogP contribution in [0.3, 0.4) is 0 Å². The molecule has 0 fully saturated rings. The second kappa shape index (κ2) is 10.8. The quantitative estimate of drug-likeness (QED) is 0.399.